The Balaban J connectivity index is 0.00000182. The number of benzene rings is 1. The van der Waals surface area contributed by atoms with Gasteiger partial charge in [0.1, 0.15) is 0 Å². The molecule has 3 atom stereocenters. The molecule has 3 rings (SSSR count). The number of amides is 1. The third-order valence-electron chi connectivity index (χ3n) is 6.07. The van der Waals surface area contributed by atoms with Crippen molar-refractivity contribution in [3.63, 3.8) is 0 Å². The van der Waals surface area contributed by atoms with Crippen molar-refractivity contribution in [2.45, 2.75) is 51.0 Å². The van der Waals surface area contributed by atoms with E-state index in [-0.39, 0.29) is 42.2 Å². The fourth-order valence-electron chi connectivity index (χ4n) is 4.37. The predicted molar refractivity (Wildman–Crippen MR) is 117 cm³/mol. The van der Waals surface area contributed by atoms with E-state index in [2.05, 4.69) is 40.5 Å². The van der Waals surface area contributed by atoms with Crippen LogP contribution in [0.25, 0.3) is 0 Å². The first-order valence-corrected chi connectivity index (χ1v) is 9.87. The lowest BCUT2D eigenvalue weighted by Crippen LogP contribution is -2.53. The minimum absolute atomic E-state index is 0. The molecule has 154 valence electrons. The van der Waals surface area contributed by atoms with Gasteiger partial charge in [0, 0.05) is 25.2 Å². The van der Waals surface area contributed by atoms with Gasteiger partial charge >= 0.3 is 0 Å². The number of nitrogens with zero attached hydrogens (tertiary/aromatic N) is 1. The lowest BCUT2D eigenvalue weighted by atomic mass is 9.74. The van der Waals surface area contributed by atoms with Crippen LogP contribution < -0.4 is 11.1 Å². The molecule has 0 radical (unpaired) electrons. The van der Waals surface area contributed by atoms with Gasteiger partial charge in [-0.1, -0.05) is 43.2 Å². The van der Waals surface area contributed by atoms with Crippen LogP contribution in [0.5, 0.6) is 0 Å². The largest absolute Gasteiger partial charge is 0.355 e. The topological polar surface area (TPSA) is 58.4 Å². The maximum absolute atomic E-state index is 12.6. The molecule has 3 N–H and O–H groups in total. The predicted octanol–water partition coefficient (Wildman–Crippen LogP) is 3.42. The summed E-state index contributed by atoms with van der Waals surface area (Å²) in [4.78, 5) is 15.1. The molecule has 0 spiro atoms. The average molecular weight is 416 g/mol. The van der Waals surface area contributed by atoms with Crippen LogP contribution >= 0.6 is 24.8 Å². The molecule has 6 heteroatoms. The zero-order chi connectivity index (χ0) is 17.7. The van der Waals surface area contributed by atoms with Crippen LogP contribution in [0.3, 0.4) is 0 Å². The maximum atomic E-state index is 12.6. The van der Waals surface area contributed by atoms with Gasteiger partial charge in [-0.25, -0.2) is 0 Å². The summed E-state index contributed by atoms with van der Waals surface area (Å²) >= 11 is 0. The Hall–Kier alpha value is -0.810. The first kappa shape index (κ1) is 24.2. The van der Waals surface area contributed by atoms with Gasteiger partial charge < -0.3 is 16.0 Å². The number of nitrogens with two attached hydrogens (primary N) is 1. The SMILES string of the molecule is CC1(N)CCCCC1C(=O)NCC1CCN(CCc2ccccc2)C1.Cl.Cl. The molecule has 0 bridgehead atoms. The lowest BCUT2D eigenvalue weighted by molar-refractivity contribution is -0.128. The second kappa shape index (κ2) is 11.3. The summed E-state index contributed by atoms with van der Waals surface area (Å²) in [5, 5.41) is 3.20. The lowest BCUT2D eigenvalue weighted by Gasteiger charge is -2.37. The molecule has 1 heterocycles. The van der Waals surface area contributed by atoms with Crippen molar-refractivity contribution in [2.75, 3.05) is 26.2 Å². The molecular weight excluding hydrogens is 381 g/mol. The number of carbonyl (C=O) groups is 1. The van der Waals surface area contributed by atoms with Crippen LogP contribution in [0.4, 0.5) is 0 Å². The van der Waals surface area contributed by atoms with E-state index in [1.807, 2.05) is 6.92 Å². The highest BCUT2D eigenvalue weighted by Crippen LogP contribution is 2.31. The Kier molecular flexibility index (Phi) is 10.1. The molecule has 0 aromatic heterocycles. The molecule has 27 heavy (non-hydrogen) atoms. The van der Waals surface area contributed by atoms with Crippen LogP contribution in [-0.2, 0) is 11.2 Å². The van der Waals surface area contributed by atoms with Gasteiger partial charge in [-0.3, -0.25) is 4.79 Å². The molecular formula is C21H35Cl2N3O. The Morgan fingerprint density at radius 1 is 1.22 bits per heavy atom. The Labute approximate surface area is 176 Å². The van der Waals surface area contributed by atoms with Crippen LogP contribution in [0.1, 0.15) is 44.6 Å². The Morgan fingerprint density at radius 3 is 2.67 bits per heavy atom. The summed E-state index contributed by atoms with van der Waals surface area (Å²) in [6.45, 7) is 6.19. The smallest absolute Gasteiger partial charge is 0.224 e. The molecule has 2 fully saturated rings. The first-order chi connectivity index (χ1) is 12.0. The Morgan fingerprint density at radius 2 is 1.96 bits per heavy atom. The molecule has 1 aromatic carbocycles. The summed E-state index contributed by atoms with van der Waals surface area (Å²) in [6, 6.07) is 10.7. The zero-order valence-corrected chi connectivity index (χ0v) is 18.0. The number of hydrogen-bond acceptors (Lipinski definition) is 3. The van der Waals surface area contributed by atoms with Crippen LogP contribution in [-0.4, -0.2) is 42.5 Å². The van der Waals surface area contributed by atoms with E-state index in [0.717, 1.165) is 58.3 Å². The monoisotopic (exact) mass is 415 g/mol. The van der Waals surface area contributed by atoms with Crippen LogP contribution in [0.2, 0.25) is 0 Å². The van der Waals surface area contributed by atoms with Crippen molar-refractivity contribution in [1.29, 1.82) is 0 Å². The van der Waals surface area contributed by atoms with E-state index in [1.54, 1.807) is 0 Å². The van der Waals surface area contributed by atoms with E-state index in [9.17, 15) is 4.79 Å². The molecule has 1 aliphatic heterocycles. The minimum atomic E-state index is -0.334. The first-order valence-electron chi connectivity index (χ1n) is 9.87. The fraction of sp³-hybridized carbons (Fsp3) is 0.667. The van der Waals surface area contributed by atoms with Crippen molar-refractivity contribution in [1.82, 2.24) is 10.2 Å². The standard InChI is InChI=1S/C21H33N3O.2ClH/c1-21(22)12-6-5-9-19(21)20(25)23-15-18-11-14-24(16-18)13-10-17-7-3-2-4-8-17;;/h2-4,7-8,18-19H,5-6,9-16,22H2,1H3,(H,23,25);2*1H. The molecule has 1 saturated heterocycles. The van der Waals surface area contributed by atoms with Gasteiger partial charge in [0.05, 0.1) is 5.92 Å². The van der Waals surface area contributed by atoms with Gasteiger partial charge in [0.2, 0.25) is 5.91 Å². The normalized spacial score (nSPS) is 28.1. The molecule has 1 aliphatic carbocycles. The molecule has 4 nitrogen and oxygen atoms in total. The van der Waals surface area contributed by atoms with Crippen molar-refractivity contribution in [3.8, 4) is 0 Å². The third kappa shape index (κ3) is 6.94. The highest BCUT2D eigenvalue weighted by Gasteiger charge is 2.37. The van der Waals surface area contributed by atoms with Gasteiger partial charge in [-0.05, 0) is 50.6 Å². The Bertz CT molecular complexity index is 568. The number of rotatable bonds is 6. The van der Waals surface area contributed by atoms with Crippen molar-refractivity contribution in [2.24, 2.45) is 17.6 Å². The molecule has 1 amide bonds. The molecule has 1 aromatic rings. The van der Waals surface area contributed by atoms with E-state index in [4.69, 9.17) is 5.73 Å². The van der Waals surface area contributed by atoms with E-state index >= 15 is 0 Å². The van der Waals surface area contributed by atoms with Gasteiger partial charge in [0.15, 0.2) is 0 Å². The molecule has 3 unspecified atom stereocenters. The van der Waals surface area contributed by atoms with Crippen LogP contribution in [0.15, 0.2) is 30.3 Å². The summed E-state index contributed by atoms with van der Waals surface area (Å²) in [6.07, 6.45) is 6.46. The third-order valence-corrected chi connectivity index (χ3v) is 6.07. The summed E-state index contributed by atoms with van der Waals surface area (Å²) in [5.41, 5.74) is 7.42. The second-order valence-corrected chi connectivity index (χ2v) is 8.24. The maximum Gasteiger partial charge on any atom is 0.224 e. The number of likely N-dealkylation sites (tertiary alicyclic amines) is 1. The number of nitrogens with one attached hydrogen (secondary N) is 1. The van der Waals surface area contributed by atoms with Crippen molar-refractivity contribution >= 4 is 30.7 Å². The minimum Gasteiger partial charge on any atom is -0.355 e. The van der Waals surface area contributed by atoms with Gasteiger partial charge in [-0.2, -0.15) is 0 Å². The van der Waals surface area contributed by atoms with Gasteiger partial charge in [-0.15, -0.1) is 24.8 Å². The number of halogens is 2. The van der Waals surface area contributed by atoms with E-state index in [1.165, 1.54) is 12.0 Å². The van der Waals surface area contributed by atoms with Crippen LogP contribution in [0, 0.1) is 11.8 Å². The van der Waals surface area contributed by atoms with E-state index in [0.29, 0.717) is 5.92 Å². The fourth-order valence-corrected chi connectivity index (χ4v) is 4.37. The average Bonchev–Trinajstić information content (AvgIpc) is 3.06. The quantitative estimate of drug-likeness (QED) is 0.747. The summed E-state index contributed by atoms with van der Waals surface area (Å²) < 4.78 is 0. The highest BCUT2D eigenvalue weighted by molar-refractivity contribution is 5.85. The second-order valence-electron chi connectivity index (χ2n) is 8.24. The number of carbonyl (C=O) groups excluding carboxylic acids is 1. The van der Waals surface area contributed by atoms with Crippen molar-refractivity contribution in [3.05, 3.63) is 35.9 Å². The molecule has 1 saturated carbocycles. The summed E-state index contributed by atoms with van der Waals surface area (Å²) in [5.74, 6) is 0.733. The summed E-state index contributed by atoms with van der Waals surface area (Å²) in [7, 11) is 0. The zero-order valence-electron chi connectivity index (χ0n) is 16.4. The van der Waals surface area contributed by atoms with Gasteiger partial charge in [0.25, 0.3) is 0 Å². The number of hydrogen-bond donors (Lipinski definition) is 2. The van der Waals surface area contributed by atoms with Crippen molar-refractivity contribution < 1.29 is 4.79 Å². The van der Waals surface area contributed by atoms with E-state index < -0.39 is 0 Å². The highest BCUT2D eigenvalue weighted by atomic mass is 35.5. The molecule has 2 aliphatic rings.